The number of benzene rings is 1. The average molecular weight is 309 g/mol. The number of sulfone groups is 1. The van der Waals surface area contributed by atoms with Crippen LogP contribution in [0.25, 0.3) is 5.69 Å². The van der Waals surface area contributed by atoms with Crippen LogP contribution in [0.2, 0.25) is 0 Å². The van der Waals surface area contributed by atoms with Crippen LogP contribution in [-0.2, 0) is 14.6 Å². The number of ether oxygens (including phenoxy) is 1. The first-order chi connectivity index (χ1) is 9.91. The van der Waals surface area contributed by atoms with E-state index >= 15 is 0 Å². The number of hydrogen-bond acceptors (Lipinski definition) is 5. The summed E-state index contributed by atoms with van der Waals surface area (Å²) in [4.78, 5) is 4.71. The summed E-state index contributed by atoms with van der Waals surface area (Å²) in [7, 11) is -1.54. The fourth-order valence-corrected chi connectivity index (χ4v) is 2.57. The summed E-state index contributed by atoms with van der Waals surface area (Å²) in [6.07, 6.45) is 3.09. The third-order valence-electron chi connectivity index (χ3n) is 2.96. The molecule has 1 aromatic carbocycles. The summed E-state index contributed by atoms with van der Waals surface area (Å²) in [6, 6.07) is 6.72. The highest BCUT2D eigenvalue weighted by atomic mass is 32.2. The van der Waals surface area contributed by atoms with E-state index in [-0.39, 0.29) is 0 Å². The SMILES string of the molecule is COCCNc1nc(C)cn1-c1ccc(S(C)(=O)=O)cc1. The molecule has 0 aliphatic heterocycles. The summed E-state index contributed by atoms with van der Waals surface area (Å²) >= 11 is 0. The Kier molecular flexibility index (Phi) is 4.64. The predicted molar refractivity (Wildman–Crippen MR) is 81.8 cm³/mol. The molecule has 0 radical (unpaired) electrons. The van der Waals surface area contributed by atoms with Crippen molar-refractivity contribution in [2.45, 2.75) is 11.8 Å². The van der Waals surface area contributed by atoms with Crippen molar-refractivity contribution < 1.29 is 13.2 Å². The van der Waals surface area contributed by atoms with E-state index in [1.807, 2.05) is 17.7 Å². The molecule has 7 heteroatoms. The number of nitrogens with zero attached hydrogens (tertiary/aromatic N) is 2. The van der Waals surface area contributed by atoms with E-state index in [0.717, 1.165) is 11.4 Å². The van der Waals surface area contributed by atoms with Crippen LogP contribution in [0.3, 0.4) is 0 Å². The van der Waals surface area contributed by atoms with Gasteiger partial charge in [0.1, 0.15) is 0 Å². The number of hydrogen-bond donors (Lipinski definition) is 1. The van der Waals surface area contributed by atoms with Crippen molar-refractivity contribution in [3.05, 3.63) is 36.2 Å². The number of methoxy groups -OCH3 is 1. The van der Waals surface area contributed by atoms with Gasteiger partial charge in [0.25, 0.3) is 0 Å². The largest absolute Gasteiger partial charge is 0.383 e. The van der Waals surface area contributed by atoms with Gasteiger partial charge in [0.2, 0.25) is 5.95 Å². The first-order valence-corrected chi connectivity index (χ1v) is 8.40. The molecular weight excluding hydrogens is 290 g/mol. The molecule has 1 aromatic heterocycles. The zero-order valence-electron chi connectivity index (χ0n) is 12.3. The maximum Gasteiger partial charge on any atom is 0.207 e. The summed E-state index contributed by atoms with van der Waals surface area (Å²) in [5.74, 6) is 0.705. The molecule has 0 bridgehead atoms. The molecule has 2 aromatic rings. The van der Waals surface area contributed by atoms with Crippen LogP contribution >= 0.6 is 0 Å². The Morgan fingerprint density at radius 3 is 2.52 bits per heavy atom. The van der Waals surface area contributed by atoms with Gasteiger partial charge in [0, 0.05) is 31.8 Å². The lowest BCUT2D eigenvalue weighted by Crippen LogP contribution is -2.11. The third-order valence-corrected chi connectivity index (χ3v) is 4.09. The molecule has 114 valence electrons. The van der Waals surface area contributed by atoms with Crippen LogP contribution in [0.15, 0.2) is 35.4 Å². The van der Waals surface area contributed by atoms with Gasteiger partial charge >= 0.3 is 0 Å². The van der Waals surface area contributed by atoms with Crippen molar-refractivity contribution in [3.63, 3.8) is 0 Å². The quantitative estimate of drug-likeness (QED) is 0.821. The van der Waals surface area contributed by atoms with Gasteiger partial charge in [-0.05, 0) is 31.2 Å². The van der Waals surface area contributed by atoms with Crippen molar-refractivity contribution in [1.29, 1.82) is 0 Å². The molecule has 0 fully saturated rings. The van der Waals surface area contributed by atoms with E-state index in [2.05, 4.69) is 10.3 Å². The van der Waals surface area contributed by atoms with Gasteiger partial charge in [0.15, 0.2) is 9.84 Å². The average Bonchev–Trinajstić information content (AvgIpc) is 2.79. The van der Waals surface area contributed by atoms with E-state index < -0.39 is 9.84 Å². The number of nitrogens with one attached hydrogen (secondary N) is 1. The minimum absolute atomic E-state index is 0.303. The Morgan fingerprint density at radius 1 is 1.29 bits per heavy atom. The first-order valence-electron chi connectivity index (χ1n) is 6.51. The van der Waals surface area contributed by atoms with Gasteiger partial charge in [0.05, 0.1) is 17.2 Å². The molecule has 0 saturated carbocycles. The third kappa shape index (κ3) is 3.83. The number of aromatic nitrogens is 2. The Hall–Kier alpha value is -1.86. The predicted octanol–water partition coefficient (Wildman–Crippen LogP) is 1.64. The van der Waals surface area contributed by atoms with E-state index in [1.165, 1.54) is 6.26 Å². The molecule has 21 heavy (non-hydrogen) atoms. The monoisotopic (exact) mass is 309 g/mol. The van der Waals surface area contributed by atoms with Crippen LogP contribution in [-0.4, -0.2) is 44.5 Å². The fourth-order valence-electron chi connectivity index (χ4n) is 1.94. The molecule has 0 atom stereocenters. The van der Waals surface area contributed by atoms with Gasteiger partial charge in [-0.3, -0.25) is 4.57 Å². The van der Waals surface area contributed by atoms with Crippen molar-refractivity contribution in [3.8, 4) is 5.69 Å². The molecule has 2 rings (SSSR count). The van der Waals surface area contributed by atoms with Gasteiger partial charge in [-0.2, -0.15) is 0 Å². The second-order valence-electron chi connectivity index (χ2n) is 4.76. The summed E-state index contributed by atoms with van der Waals surface area (Å²) < 4.78 is 29.9. The van der Waals surface area contributed by atoms with E-state index in [1.54, 1.807) is 31.4 Å². The molecular formula is C14H19N3O3S. The zero-order valence-corrected chi connectivity index (χ0v) is 13.1. The van der Waals surface area contributed by atoms with Gasteiger partial charge in [-0.15, -0.1) is 0 Å². The topological polar surface area (TPSA) is 73.2 Å². The first kappa shape index (κ1) is 15.5. The summed E-state index contributed by atoms with van der Waals surface area (Å²) in [5, 5.41) is 3.19. The Balaban J connectivity index is 2.29. The number of aryl methyl sites for hydroxylation is 1. The molecule has 0 amide bonds. The van der Waals surface area contributed by atoms with Crippen LogP contribution in [0.4, 0.5) is 5.95 Å². The van der Waals surface area contributed by atoms with E-state index in [9.17, 15) is 8.42 Å². The highest BCUT2D eigenvalue weighted by Crippen LogP contribution is 2.18. The van der Waals surface area contributed by atoms with Crippen LogP contribution in [0.1, 0.15) is 5.69 Å². The van der Waals surface area contributed by atoms with Gasteiger partial charge < -0.3 is 10.1 Å². The Bertz CT molecular complexity index is 706. The van der Waals surface area contributed by atoms with Crippen molar-refractivity contribution in [2.75, 3.05) is 31.8 Å². The highest BCUT2D eigenvalue weighted by Gasteiger charge is 2.10. The number of imidazole rings is 1. The number of rotatable bonds is 6. The Morgan fingerprint density at radius 2 is 1.95 bits per heavy atom. The summed E-state index contributed by atoms with van der Waals surface area (Å²) in [5.41, 5.74) is 1.73. The minimum Gasteiger partial charge on any atom is -0.383 e. The standard InChI is InChI=1S/C14H19N3O3S/c1-11-10-17(14(16-11)15-8-9-20-2)12-4-6-13(7-5-12)21(3,18)19/h4-7,10H,8-9H2,1-3H3,(H,15,16). The summed E-state index contributed by atoms with van der Waals surface area (Å²) in [6.45, 7) is 3.14. The normalized spacial score (nSPS) is 11.6. The lowest BCUT2D eigenvalue weighted by Gasteiger charge is -2.10. The lowest BCUT2D eigenvalue weighted by molar-refractivity contribution is 0.210. The number of anilines is 1. The molecule has 1 heterocycles. The molecule has 0 saturated heterocycles. The second kappa shape index (κ2) is 6.28. The van der Waals surface area contributed by atoms with Gasteiger partial charge in [-0.25, -0.2) is 13.4 Å². The van der Waals surface area contributed by atoms with E-state index in [4.69, 9.17) is 4.74 Å². The highest BCUT2D eigenvalue weighted by molar-refractivity contribution is 7.90. The van der Waals surface area contributed by atoms with Crippen molar-refractivity contribution in [1.82, 2.24) is 9.55 Å². The smallest absolute Gasteiger partial charge is 0.207 e. The van der Waals surface area contributed by atoms with Crippen molar-refractivity contribution >= 4 is 15.8 Å². The van der Waals surface area contributed by atoms with E-state index in [0.29, 0.717) is 24.0 Å². The van der Waals surface area contributed by atoms with Crippen LogP contribution < -0.4 is 5.32 Å². The zero-order chi connectivity index (χ0) is 15.5. The molecule has 6 nitrogen and oxygen atoms in total. The molecule has 0 aliphatic carbocycles. The maximum absolute atomic E-state index is 11.5. The van der Waals surface area contributed by atoms with Crippen molar-refractivity contribution in [2.24, 2.45) is 0 Å². The minimum atomic E-state index is -3.18. The molecule has 1 N–H and O–H groups in total. The Labute approximate surface area is 124 Å². The fraction of sp³-hybridized carbons (Fsp3) is 0.357. The molecule has 0 unspecified atom stereocenters. The lowest BCUT2D eigenvalue weighted by atomic mass is 10.3. The maximum atomic E-state index is 11.5. The second-order valence-corrected chi connectivity index (χ2v) is 6.78. The van der Waals surface area contributed by atoms with Crippen LogP contribution in [0.5, 0.6) is 0 Å². The van der Waals surface area contributed by atoms with Crippen LogP contribution in [0, 0.1) is 6.92 Å². The molecule has 0 spiro atoms. The van der Waals surface area contributed by atoms with Gasteiger partial charge in [-0.1, -0.05) is 0 Å². The molecule has 0 aliphatic rings.